The number of nitrogens with one attached hydrogen (secondary N) is 2. The van der Waals surface area contributed by atoms with Gasteiger partial charge in [-0.25, -0.2) is 10.8 Å². The Morgan fingerprint density at radius 2 is 2.05 bits per heavy atom. The number of rotatable bonds is 6. The van der Waals surface area contributed by atoms with Gasteiger partial charge in [0.25, 0.3) is 5.91 Å². The molecular weight excluding hydrogens is 252 g/mol. The van der Waals surface area contributed by atoms with E-state index in [1.165, 1.54) is 0 Å². The van der Waals surface area contributed by atoms with Crippen molar-refractivity contribution in [3.63, 3.8) is 0 Å². The fourth-order valence-corrected chi connectivity index (χ4v) is 2.12. The summed E-state index contributed by atoms with van der Waals surface area (Å²) < 4.78 is 0. The highest BCUT2D eigenvalue weighted by molar-refractivity contribution is 5.95. The summed E-state index contributed by atoms with van der Waals surface area (Å²) in [5.41, 5.74) is 3.73. The third-order valence-corrected chi connectivity index (χ3v) is 3.17. The Balaban J connectivity index is 3.00. The lowest BCUT2D eigenvalue weighted by Crippen LogP contribution is -2.43. The smallest absolute Gasteiger partial charge is 0.251 e. The number of hydrazine groups is 1. The van der Waals surface area contributed by atoms with E-state index in [4.69, 9.17) is 5.84 Å². The molecule has 1 aromatic rings. The van der Waals surface area contributed by atoms with Crippen LogP contribution in [0.5, 0.6) is 0 Å². The van der Waals surface area contributed by atoms with Crippen molar-refractivity contribution in [3.8, 4) is 0 Å². The molecule has 1 heterocycles. The lowest BCUT2D eigenvalue weighted by atomic mass is 9.98. The van der Waals surface area contributed by atoms with Gasteiger partial charge in [0.1, 0.15) is 5.82 Å². The molecule has 0 radical (unpaired) electrons. The Kier molecular flexibility index (Phi) is 5.51. The van der Waals surface area contributed by atoms with Gasteiger partial charge in [-0.15, -0.1) is 0 Å². The topological polar surface area (TPSA) is 80.0 Å². The Bertz CT molecular complexity index is 469. The van der Waals surface area contributed by atoms with Crippen molar-refractivity contribution < 1.29 is 4.79 Å². The molecule has 5 nitrogen and oxygen atoms in total. The molecule has 1 aromatic heterocycles. The molecule has 0 spiro atoms. The van der Waals surface area contributed by atoms with Gasteiger partial charge in [0.05, 0.1) is 0 Å². The second kappa shape index (κ2) is 6.70. The van der Waals surface area contributed by atoms with Crippen molar-refractivity contribution in [2.75, 3.05) is 5.43 Å². The first-order chi connectivity index (χ1) is 9.29. The van der Waals surface area contributed by atoms with Crippen molar-refractivity contribution >= 4 is 11.7 Å². The minimum atomic E-state index is -0.219. The molecule has 112 valence electrons. The first-order valence-corrected chi connectivity index (χ1v) is 7.10. The van der Waals surface area contributed by atoms with Gasteiger partial charge in [-0.05, 0) is 38.3 Å². The zero-order valence-corrected chi connectivity index (χ0v) is 13.1. The Morgan fingerprint density at radius 1 is 1.40 bits per heavy atom. The van der Waals surface area contributed by atoms with Crippen molar-refractivity contribution in [2.24, 2.45) is 5.84 Å². The molecule has 1 rings (SSSR count). The summed E-state index contributed by atoms with van der Waals surface area (Å²) in [5, 5.41) is 3.06. The van der Waals surface area contributed by atoms with Gasteiger partial charge in [0.15, 0.2) is 0 Å². The van der Waals surface area contributed by atoms with Gasteiger partial charge in [-0.3, -0.25) is 4.79 Å². The number of nitrogen functional groups attached to an aromatic ring is 1. The summed E-state index contributed by atoms with van der Waals surface area (Å²) in [4.78, 5) is 16.7. The standard InChI is InChI=1S/C15H26N4O/c1-6-7-15(4,5)18-14(20)11-8-12(10(2)3)17-13(9-11)19-16/h8-10H,6-7,16H2,1-5H3,(H,17,19)(H,18,20). The zero-order valence-electron chi connectivity index (χ0n) is 13.1. The van der Waals surface area contributed by atoms with Crippen LogP contribution < -0.4 is 16.6 Å². The van der Waals surface area contributed by atoms with Gasteiger partial charge in [-0.2, -0.15) is 0 Å². The number of hydrogen-bond donors (Lipinski definition) is 3. The van der Waals surface area contributed by atoms with Crippen LogP contribution in [0.3, 0.4) is 0 Å². The molecule has 4 N–H and O–H groups in total. The maximum absolute atomic E-state index is 12.4. The number of nitrogens with two attached hydrogens (primary N) is 1. The van der Waals surface area contributed by atoms with Crippen LogP contribution in [0.4, 0.5) is 5.82 Å². The molecule has 5 heteroatoms. The van der Waals surface area contributed by atoms with E-state index in [0.717, 1.165) is 18.5 Å². The first-order valence-electron chi connectivity index (χ1n) is 7.10. The maximum Gasteiger partial charge on any atom is 0.251 e. The van der Waals surface area contributed by atoms with E-state index in [1.807, 2.05) is 33.8 Å². The van der Waals surface area contributed by atoms with Crippen LogP contribution in [-0.2, 0) is 0 Å². The maximum atomic E-state index is 12.4. The highest BCUT2D eigenvalue weighted by Crippen LogP contribution is 2.18. The minimum absolute atomic E-state index is 0.0933. The third kappa shape index (κ3) is 4.49. The molecule has 0 atom stereocenters. The van der Waals surface area contributed by atoms with Crippen molar-refractivity contribution in [1.29, 1.82) is 0 Å². The lowest BCUT2D eigenvalue weighted by Gasteiger charge is -2.26. The van der Waals surface area contributed by atoms with Gasteiger partial charge in [0.2, 0.25) is 0 Å². The number of carbonyl (C=O) groups excluding carboxylic acids is 1. The predicted octanol–water partition coefficient (Wildman–Crippen LogP) is 2.80. The summed E-state index contributed by atoms with van der Waals surface area (Å²) in [5.74, 6) is 6.07. The molecule has 0 aliphatic carbocycles. The largest absolute Gasteiger partial charge is 0.347 e. The van der Waals surface area contributed by atoms with Crippen molar-refractivity contribution in [1.82, 2.24) is 10.3 Å². The molecule has 0 aliphatic heterocycles. The monoisotopic (exact) mass is 278 g/mol. The van der Waals surface area contributed by atoms with E-state index in [0.29, 0.717) is 11.4 Å². The second-order valence-corrected chi connectivity index (χ2v) is 6.05. The Labute approximate surface area is 121 Å². The molecule has 0 unspecified atom stereocenters. The number of pyridine rings is 1. The van der Waals surface area contributed by atoms with E-state index in [9.17, 15) is 4.79 Å². The van der Waals surface area contributed by atoms with E-state index < -0.39 is 0 Å². The van der Waals surface area contributed by atoms with E-state index in [2.05, 4.69) is 22.7 Å². The fraction of sp³-hybridized carbons (Fsp3) is 0.600. The molecule has 0 fully saturated rings. The van der Waals surface area contributed by atoms with Crippen LogP contribution in [0, 0.1) is 0 Å². The van der Waals surface area contributed by atoms with Crippen LogP contribution in [-0.4, -0.2) is 16.4 Å². The molecule has 0 saturated heterocycles. The second-order valence-electron chi connectivity index (χ2n) is 6.05. The summed E-state index contributed by atoms with van der Waals surface area (Å²) in [6.07, 6.45) is 1.96. The number of hydrogen-bond acceptors (Lipinski definition) is 4. The molecule has 0 saturated carbocycles. The zero-order chi connectivity index (χ0) is 15.3. The lowest BCUT2D eigenvalue weighted by molar-refractivity contribution is 0.0909. The van der Waals surface area contributed by atoms with E-state index in [1.54, 1.807) is 6.07 Å². The molecule has 0 bridgehead atoms. The van der Waals surface area contributed by atoms with Gasteiger partial charge in [-0.1, -0.05) is 27.2 Å². The Hall–Kier alpha value is -1.62. The fourth-order valence-electron chi connectivity index (χ4n) is 2.12. The summed E-state index contributed by atoms with van der Waals surface area (Å²) in [6.45, 7) is 10.2. The summed E-state index contributed by atoms with van der Waals surface area (Å²) >= 11 is 0. The van der Waals surface area contributed by atoms with Crippen LogP contribution >= 0.6 is 0 Å². The first kappa shape index (κ1) is 16.4. The predicted molar refractivity (Wildman–Crippen MR) is 82.6 cm³/mol. The van der Waals surface area contributed by atoms with Gasteiger partial charge >= 0.3 is 0 Å². The number of anilines is 1. The normalized spacial score (nSPS) is 11.6. The van der Waals surface area contributed by atoms with Crippen molar-refractivity contribution in [3.05, 3.63) is 23.4 Å². The van der Waals surface area contributed by atoms with Gasteiger partial charge in [0, 0.05) is 16.8 Å². The van der Waals surface area contributed by atoms with E-state index in [-0.39, 0.29) is 17.4 Å². The number of amides is 1. The number of nitrogens with zero attached hydrogens (tertiary/aromatic N) is 1. The summed E-state index contributed by atoms with van der Waals surface area (Å²) in [7, 11) is 0. The quantitative estimate of drug-likeness (QED) is 0.552. The molecule has 1 amide bonds. The van der Waals surface area contributed by atoms with E-state index >= 15 is 0 Å². The average molecular weight is 278 g/mol. The number of aromatic nitrogens is 1. The highest BCUT2D eigenvalue weighted by Gasteiger charge is 2.21. The average Bonchev–Trinajstić information content (AvgIpc) is 2.37. The van der Waals surface area contributed by atoms with Crippen LogP contribution in [0.1, 0.15) is 69.4 Å². The van der Waals surface area contributed by atoms with Crippen LogP contribution in [0.25, 0.3) is 0 Å². The SMILES string of the molecule is CCCC(C)(C)NC(=O)c1cc(NN)nc(C(C)C)c1. The molecular formula is C15H26N4O. The molecule has 0 aliphatic rings. The third-order valence-electron chi connectivity index (χ3n) is 3.17. The molecule has 0 aromatic carbocycles. The van der Waals surface area contributed by atoms with Crippen LogP contribution in [0.15, 0.2) is 12.1 Å². The minimum Gasteiger partial charge on any atom is -0.347 e. The van der Waals surface area contributed by atoms with Crippen molar-refractivity contribution in [2.45, 2.75) is 58.9 Å². The number of carbonyl (C=O) groups is 1. The van der Waals surface area contributed by atoms with Gasteiger partial charge < -0.3 is 10.7 Å². The summed E-state index contributed by atoms with van der Waals surface area (Å²) in [6, 6.07) is 3.49. The Morgan fingerprint density at radius 3 is 2.55 bits per heavy atom. The van der Waals surface area contributed by atoms with Crippen LogP contribution in [0.2, 0.25) is 0 Å². The highest BCUT2D eigenvalue weighted by atomic mass is 16.1. The molecule has 20 heavy (non-hydrogen) atoms.